The highest BCUT2D eigenvalue weighted by molar-refractivity contribution is 6.31. The van der Waals surface area contributed by atoms with E-state index in [4.69, 9.17) is 26.8 Å². The molecule has 0 spiro atoms. The van der Waals surface area contributed by atoms with Gasteiger partial charge in [0, 0.05) is 26.9 Å². The quantitative estimate of drug-likeness (QED) is 0.787. The molecule has 0 saturated heterocycles. The van der Waals surface area contributed by atoms with E-state index in [0.29, 0.717) is 30.7 Å². The Hall–Kier alpha value is -0.620. The van der Waals surface area contributed by atoms with Crippen molar-refractivity contribution < 1.29 is 9.47 Å². The summed E-state index contributed by atoms with van der Waals surface area (Å²) >= 11 is 6.14. The molecular weight excluding hydrogens is 254 g/mol. The van der Waals surface area contributed by atoms with Gasteiger partial charge in [-0.3, -0.25) is 4.68 Å². The van der Waals surface area contributed by atoms with Crippen molar-refractivity contribution in [2.45, 2.75) is 25.9 Å². The number of rotatable bonds is 8. The second kappa shape index (κ2) is 7.74. The van der Waals surface area contributed by atoms with Gasteiger partial charge in [0.1, 0.15) is 0 Å². The van der Waals surface area contributed by atoms with Gasteiger partial charge in [0.25, 0.3) is 0 Å². The molecule has 104 valence electrons. The van der Waals surface area contributed by atoms with Gasteiger partial charge in [0.15, 0.2) is 0 Å². The molecule has 0 aliphatic carbocycles. The Kier molecular flexibility index (Phi) is 6.63. The average Bonchev–Trinajstić information content (AvgIpc) is 2.68. The lowest BCUT2D eigenvalue weighted by molar-refractivity contribution is 0.151. The van der Waals surface area contributed by atoms with E-state index in [1.54, 1.807) is 20.4 Å². The first-order valence-electron chi connectivity index (χ1n) is 6.04. The highest BCUT2D eigenvalue weighted by atomic mass is 35.5. The molecule has 2 atom stereocenters. The molecule has 1 heterocycles. The fourth-order valence-corrected chi connectivity index (χ4v) is 2.28. The minimum atomic E-state index is -0.137. The number of ether oxygens (including phenoxy) is 2. The predicted octanol–water partition coefficient (Wildman–Crippen LogP) is 1.86. The molecule has 1 aromatic heterocycles. The smallest absolute Gasteiger partial charge is 0.0834 e. The Balaban J connectivity index is 2.70. The Morgan fingerprint density at radius 3 is 2.78 bits per heavy atom. The van der Waals surface area contributed by atoms with Crippen molar-refractivity contribution in [1.82, 2.24) is 9.78 Å². The first-order valence-corrected chi connectivity index (χ1v) is 6.42. The largest absolute Gasteiger partial charge is 0.384 e. The minimum absolute atomic E-state index is 0.137. The SMILES string of the molecule is COCCn1ncc(Cl)c1C(N)CC(C)COC. The molecular formula is C12H22ClN3O2. The van der Waals surface area contributed by atoms with Crippen LogP contribution in [0.5, 0.6) is 0 Å². The van der Waals surface area contributed by atoms with Crippen molar-refractivity contribution in [1.29, 1.82) is 0 Å². The summed E-state index contributed by atoms with van der Waals surface area (Å²) in [5.74, 6) is 0.381. The molecule has 1 rings (SSSR count). The lowest BCUT2D eigenvalue weighted by atomic mass is 10.0. The second-order valence-corrected chi connectivity index (χ2v) is 4.90. The van der Waals surface area contributed by atoms with Crippen LogP contribution < -0.4 is 5.73 Å². The summed E-state index contributed by atoms with van der Waals surface area (Å²) in [4.78, 5) is 0. The first kappa shape index (κ1) is 15.4. The van der Waals surface area contributed by atoms with Crippen LogP contribution in [0.4, 0.5) is 0 Å². The van der Waals surface area contributed by atoms with Crippen LogP contribution >= 0.6 is 11.6 Å². The third-order valence-electron chi connectivity index (χ3n) is 2.80. The summed E-state index contributed by atoms with van der Waals surface area (Å²) in [6.07, 6.45) is 2.44. The molecule has 0 bridgehead atoms. The van der Waals surface area contributed by atoms with E-state index in [-0.39, 0.29) is 6.04 Å². The fraction of sp³-hybridized carbons (Fsp3) is 0.750. The van der Waals surface area contributed by atoms with Crippen LogP contribution in [0.15, 0.2) is 6.20 Å². The van der Waals surface area contributed by atoms with E-state index in [1.807, 2.05) is 4.68 Å². The van der Waals surface area contributed by atoms with Crippen LogP contribution in [-0.2, 0) is 16.0 Å². The van der Waals surface area contributed by atoms with E-state index >= 15 is 0 Å². The third-order valence-corrected chi connectivity index (χ3v) is 3.09. The summed E-state index contributed by atoms with van der Waals surface area (Å²) in [7, 11) is 3.35. The van der Waals surface area contributed by atoms with Crippen LogP contribution in [0.3, 0.4) is 0 Å². The standard InChI is InChI=1S/C12H22ClN3O2/c1-9(8-18-3)6-11(14)12-10(13)7-15-16(12)4-5-17-2/h7,9,11H,4-6,8,14H2,1-3H3. The highest BCUT2D eigenvalue weighted by Crippen LogP contribution is 2.25. The van der Waals surface area contributed by atoms with Crippen molar-refractivity contribution in [3.8, 4) is 0 Å². The lowest BCUT2D eigenvalue weighted by Gasteiger charge is -2.18. The van der Waals surface area contributed by atoms with Crippen LogP contribution in [0.25, 0.3) is 0 Å². The topological polar surface area (TPSA) is 62.3 Å². The average molecular weight is 276 g/mol. The molecule has 0 aliphatic heterocycles. The van der Waals surface area contributed by atoms with Crippen molar-refractivity contribution in [2.75, 3.05) is 27.4 Å². The minimum Gasteiger partial charge on any atom is -0.384 e. The van der Waals surface area contributed by atoms with Gasteiger partial charge in [0.05, 0.1) is 30.1 Å². The zero-order valence-corrected chi connectivity index (χ0v) is 12.0. The van der Waals surface area contributed by atoms with E-state index in [0.717, 1.165) is 12.1 Å². The molecule has 0 radical (unpaired) electrons. The van der Waals surface area contributed by atoms with Gasteiger partial charge in [-0.05, 0) is 12.3 Å². The Bertz CT molecular complexity index is 357. The maximum absolute atomic E-state index is 6.20. The molecule has 0 amide bonds. The number of hydrogen-bond donors (Lipinski definition) is 1. The number of nitrogens with two attached hydrogens (primary N) is 1. The Morgan fingerprint density at radius 1 is 1.44 bits per heavy atom. The third kappa shape index (κ3) is 4.24. The number of aromatic nitrogens is 2. The normalized spacial score (nSPS) is 14.7. The Morgan fingerprint density at radius 2 is 2.17 bits per heavy atom. The van der Waals surface area contributed by atoms with Gasteiger partial charge in [0.2, 0.25) is 0 Å². The van der Waals surface area contributed by atoms with Gasteiger partial charge in [-0.2, -0.15) is 5.10 Å². The van der Waals surface area contributed by atoms with Gasteiger partial charge >= 0.3 is 0 Å². The Labute approximate surface area is 113 Å². The second-order valence-electron chi connectivity index (χ2n) is 4.50. The summed E-state index contributed by atoms with van der Waals surface area (Å²) in [5.41, 5.74) is 7.07. The maximum Gasteiger partial charge on any atom is 0.0834 e. The van der Waals surface area contributed by atoms with Crippen LogP contribution in [-0.4, -0.2) is 37.2 Å². The summed E-state index contributed by atoms with van der Waals surface area (Å²) in [6, 6.07) is -0.137. The molecule has 1 aromatic rings. The number of methoxy groups -OCH3 is 2. The number of halogens is 1. The van der Waals surface area contributed by atoms with Crippen LogP contribution in [0, 0.1) is 5.92 Å². The zero-order valence-electron chi connectivity index (χ0n) is 11.2. The van der Waals surface area contributed by atoms with Gasteiger partial charge < -0.3 is 15.2 Å². The molecule has 2 N–H and O–H groups in total. The molecule has 0 saturated carbocycles. The first-order chi connectivity index (χ1) is 8.60. The van der Waals surface area contributed by atoms with Gasteiger partial charge in [-0.15, -0.1) is 0 Å². The monoisotopic (exact) mass is 275 g/mol. The van der Waals surface area contributed by atoms with Crippen molar-refractivity contribution in [3.63, 3.8) is 0 Å². The van der Waals surface area contributed by atoms with E-state index in [2.05, 4.69) is 12.0 Å². The van der Waals surface area contributed by atoms with Crippen molar-refractivity contribution in [3.05, 3.63) is 16.9 Å². The molecule has 0 fully saturated rings. The molecule has 0 aliphatic rings. The van der Waals surface area contributed by atoms with Crippen LogP contribution in [0.2, 0.25) is 5.02 Å². The van der Waals surface area contributed by atoms with Crippen LogP contribution in [0.1, 0.15) is 25.1 Å². The maximum atomic E-state index is 6.20. The summed E-state index contributed by atoms with van der Waals surface area (Å²) in [5, 5.41) is 4.84. The molecule has 5 nitrogen and oxygen atoms in total. The number of nitrogens with zero attached hydrogens (tertiary/aromatic N) is 2. The van der Waals surface area contributed by atoms with Crippen molar-refractivity contribution in [2.24, 2.45) is 11.7 Å². The highest BCUT2D eigenvalue weighted by Gasteiger charge is 2.19. The van der Waals surface area contributed by atoms with Gasteiger partial charge in [-0.25, -0.2) is 0 Å². The lowest BCUT2D eigenvalue weighted by Crippen LogP contribution is -2.21. The van der Waals surface area contributed by atoms with Gasteiger partial charge in [-0.1, -0.05) is 18.5 Å². The van der Waals surface area contributed by atoms with E-state index in [9.17, 15) is 0 Å². The summed E-state index contributed by atoms with van der Waals surface area (Å²) < 4.78 is 12.0. The number of hydrogen-bond acceptors (Lipinski definition) is 4. The molecule has 6 heteroatoms. The van der Waals surface area contributed by atoms with Crippen molar-refractivity contribution >= 4 is 11.6 Å². The fourth-order valence-electron chi connectivity index (χ4n) is 1.99. The summed E-state index contributed by atoms with van der Waals surface area (Å²) in [6.45, 7) is 4.04. The molecule has 18 heavy (non-hydrogen) atoms. The van der Waals surface area contributed by atoms with E-state index < -0.39 is 0 Å². The predicted molar refractivity (Wildman–Crippen MR) is 71.7 cm³/mol. The van der Waals surface area contributed by atoms with E-state index in [1.165, 1.54) is 0 Å². The zero-order chi connectivity index (χ0) is 13.5. The molecule has 0 aromatic carbocycles. The molecule has 2 unspecified atom stereocenters.